The second-order valence-corrected chi connectivity index (χ2v) is 7.48. The highest BCUT2D eigenvalue weighted by Gasteiger charge is 2.22. The fraction of sp³-hybridized carbons (Fsp3) is 0.368. The predicted molar refractivity (Wildman–Crippen MR) is 114 cm³/mol. The van der Waals surface area contributed by atoms with E-state index >= 15 is 0 Å². The van der Waals surface area contributed by atoms with E-state index in [-0.39, 0.29) is 28.4 Å². The van der Waals surface area contributed by atoms with Crippen LogP contribution in [0.2, 0.25) is 0 Å². The topological polar surface area (TPSA) is 152 Å². The fourth-order valence-corrected chi connectivity index (χ4v) is 3.26. The lowest BCUT2D eigenvalue weighted by Crippen LogP contribution is -2.14. The molecule has 1 amide bonds. The van der Waals surface area contributed by atoms with Gasteiger partial charge in [-0.05, 0) is 65.5 Å². The quantitative estimate of drug-likeness (QED) is 0.259. The SMILES string of the molecule is CCOC(=O)N=C(N)CCCCCc1nonc1-c1noc(=O)n1-c1ccc(F)c(Br)c1. The number of aryl methyl sites for hydroxylation is 1. The van der Waals surface area contributed by atoms with Crippen LogP contribution < -0.4 is 11.5 Å². The van der Waals surface area contributed by atoms with E-state index in [0.717, 1.165) is 11.0 Å². The Hall–Kier alpha value is -3.35. The van der Waals surface area contributed by atoms with Crippen molar-refractivity contribution in [3.05, 3.63) is 44.7 Å². The molecule has 3 aromatic rings. The number of hydrogen-bond acceptors (Lipinski definition) is 8. The molecular weight excluding hydrogens is 491 g/mol. The van der Waals surface area contributed by atoms with E-state index in [2.05, 4.69) is 36.4 Å². The van der Waals surface area contributed by atoms with Crippen molar-refractivity contribution in [3.8, 4) is 17.2 Å². The molecule has 0 saturated heterocycles. The van der Waals surface area contributed by atoms with Crippen LogP contribution in [0.5, 0.6) is 0 Å². The number of aromatic nitrogens is 4. The minimum atomic E-state index is -0.760. The first-order chi connectivity index (χ1) is 15.4. The molecule has 1 aromatic carbocycles. The zero-order valence-corrected chi connectivity index (χ0v) is 18.7. The van der Waals surface area contributed by atoms with Crippen molar-refractivity contribution in [2.45, 2.75) is 39.0 Å². The molecule has 0 aliphatic carbocycles. The summed E-state index contributed by atoms with van der Waals surface area (Å²) < 4.78 is 29.3. The number of nitrogens with two attached hydrogens (primary N) is 1. The number of halogens is 2. The van der Waals surface area contributed by atoms with Crippen LogP contribution in [-0.2, 0) is 11.2 Å². The third kappa shape index (κ3) is 5.66. The number of carbonyl (C=O) groups excluding carboxylic acids is 1. The molecule has 0 bridgehead atoms. The molecule has 2 N–H and O–H groups in total. The third-order valence-corrected chi connectivity index (χ3v) is 4.99. The van der Waals surface area contributed by atoms with Crippen LogP contribution in [0, 0.1) is 5.82 Å². The summed E-state index contributed by atoms with van der Waals surface area (Å²) in [5, 5.41) is 11.5. The Balaban J connectivity index is 1.65. The molecule has 0 unspecified atom stereocenters. The molecule has 170 valence electrons. The van der Waals surface area contributed by atoms with Crippen molar-refractivity contribution in [2.24, 2.45) is 10.7 Å². The highest BCUT2D eigenvalue weighted by Crippen LogP contribution is 2.24. The standard InChI is InChI=1S/C19H20BrFN6O5/c1-2-30-18(28)23-15(22)7-5-3-4-6-14-16(25-32-24-14)17-26-31-19(29)27(17)11-8-9-13(21)12(20)10-11/h8-10H,2-7H2,1H3,(H2,22,23,28). The highest BCUT2D eigenvalue weighted by atomic mass is 79.9. The minimum absolute atomic E-state index is 0.0931. The predicted octanol–water partition coefficient (Wildman–Crippen LogP) is 3.39. The Morgan fingerprint density at radius 2 is 2.09 bits per heavy atom. The smallest absolute Gasteiger partial charge is 0.446 e. The molecule has 11 nitrogen and oxygen atoms in total. The Kier molecular flexibility index (Phi) is 7.87. The lowest BCUT2D eigenvalue weighted by molar-refractivity contribution is 0.163. The Morgan fingerprint density at radius 1 is 1.28 bits per heavy atom. The van der Waals surface area contributed by atoms with Crippen LogP contribution in [0.3, 0.4) is 0 Å². The van der Waals surface area contributed by atoms with Gasteiger partial charge in [-0.1, -0.05) is 16.7 Å². The van der Waals surface area contributed by atoms with Crippen molar-refractivity contribution in [1.82, 2.24) is 20.0 Å². The van der Waals surface area contributed by atoms with Crippen LogP contribution in [0.25, 0.3) is 17.2 Å². The van der Waals surface area contributed by atoms with E-state index in [0.29, 0.717) is 37.1 Å². The maximum Gasteiger partial charge on any atom is 0.446 e. The molecule has 32 heavy (non-hydrogen) atoms. The molecule has 0 aliphatic rings. The van der Waals surface area contributed by atoms with Crippen LogP contribution in [0.1, 0.15) is 38.3 Å². The van der Waals surface area contributed by atoms with E-state index in [1.807, 2.05) is 0 Å². The highest BCUT2D eigenvalue weighted by molar-refractivity contribution is 9.10. The molecule has 2 heterocycles. The first-order valence-corrected chi connectivity index (χ1v) is 10.6. The lowest BCUT2D eigenvalue weighted by atomic mass is 10.1. The fourth-order valence-electron chi connectivity index (χ4n) is 2.90. The van der Waals surface area contributed by atoms with Gasteiger partial charge in [-0.3, -0.25) is 4.52 Å². The van der Waals surface area contributed by atoms with E-state index < -0.39 is 17.7 Å². The van der Waals surface area contributed by atoms with Crippen molar-refractivity contribution >= 4 is 27.9 Å². The molecule has 0 aliphatic heterocycles. The molecule has 0 spiro atoms. The number of amides is 1. The third-order valence-electron chi connectivity index (χ3n) is 4.38. The first-order valence-electron chi connectivity index (χ1n) is 9.76. The van der Waals surface area contributed by atoms with E-state index in [4.69, 9.17) is 19.6 Å². The van der Waals surface area contributed by atoms with Gasteiger partial charge in [0.05, 0.1) is 16.8 Å². The van der Waals surface area contributed by atoms with Crippen LogP contribution in [-0.4, -0.2) is 38.6 Å². The van der Waals surface area contributed by atoms with Crippen molar-refractivity contribution < 1.29 is 23.1 Å². The number of hydrogen-bond donors (Lipinski definition) is 1. The van der Waals surface area contributed by atoms with Crippen LogP contribution in [0.15, 0.2) is 41.6 Å². The Labute approximate surface area is 189 Å². The summed E-state index contributed by atoms with van der Waals surface area (Å²) in [5.74, 6) is -0.930. The first kappa shape index (κ1) is 23.3. The number of carbonyl (C=O) groups is 1. The van der Waals surface area contributed by atoms with Crippen LogP contribution in [0.4, 0.5) is 9.18 Å². The second kappa shape index (κ2) is 10.8. The van der Waals surface area contributed by atoms with E-state index in [1.165, 1.54) is 18.2 Å². The average Bonchev–Trinajstić information content (AvgIpc) is 3.36. The van der Waals surface area contributed by atoms with Gasteiger partial charge in [-0.2, -0.15) is 4.99 Å². The van der Waals surface area contributed by atoms with Gasteiger partial charge in [0.25, 0.3) is 0 Å². The summed E-state index contributed by atoms with van der Waals surface area (Å²) in [7, 11) is 0. The molecule has 13 heteroatoms. The largest absolute Gasteiger partial charge is 0.448 e. The maximum atomic E-state index is 13.6. The van der Waals surface area contributed by atoms with Gasteiger partial charge in [0, 0.05) is 6.42 Å². The molecule has 0 atom stereocenters. The summed E-state index contributed by atoms with van der Waals surface area (Å²) in [5.41, 5.74) is 6.78. The van der Waals surface area contributed by atoms with Gasteiger partial charge in [0.2, 0.25) is 5.82 Å². The normalized spacial score (nSPS) is 11.7. The summed E-state index contributed by atoms with van der Waals surface area (Å²) in [4.78, 5) is 27.1. The van der Waals surface area contributed by atoms with Crippen molar-refractivity contribution in [3.63, 3.8) is 0 Å². The Bertz CT molecular complexity index is 1170. The van der Waals surface area contributed by atoms with Gasteiger partial charge in [0.15, 0.2) is 5.69 Å². The van der Waals surface area contributed by atoms with Crippen molar-refractivity contribution in [2.75, 3.05) is 6.61 Å². The van der Waals surface area contributed by atoms with Crippen molar-refractivity contribution in [1.29, 1.82) is 0 Å². The zero-order chi connectivity index (χ0) is 23.1. The average molecular weight is 511 g/mol. The summed E-state index contributed by atoms with van der Waals surface area (Å²) >= 11 is 3.09. The molecule has 0 radical (unpaired) electrons. The number of benzene rings is 1. The van der Waals surface area contributed by atoms with Gasteiger partial charge >= 0.3 is 11.8 Å². The number of nitrogens with zero attached hydrogens (tertiary/aromatic N) is 5. The summed E-state index contributed by atoms with van der Waals surface area (Å²) in [6, 6.07) is 4.05. The Morgan fingerprint density at radius 3 is 2.84 bits per heavy atom. The van der Waals surface area contributed by atoms with Gasteiger partial charge in [0.1, 0.15) is 17.3 Å². The molecule has 0 fully saturated rings. The molecule has 3 rings (SSSR count). The number of rotatable bonds is 9. The number of ether oxygens (including phenoxy) is 1. The van der Waals surface area contributed by atoms with E-state index in [1.54, 1.807) is 6.92 Å². The summed E-state index contributed by atoms with van der Waals surface area (Å²) in [6.45, 7) is 1.93. The van der Waals surface area contributed by atoms with Gasteiger partial charge < -0.3 is 10.5 Å². The lowest BCUT2D eigenvalue weighted by Gasteiger charge is -2.05. The molecular formula is C19H20BrFN6O5. The number of unbranched alkanes of at least 4 members (excludes halogenated alkanes) is 2. The molecule has 0 saturated carbocycles. The molecule has 2 aromatic heterocycles. The van der Waals surface area contributed by atoms with E-state index in [9.17, 15) is 14.0 Å². The maximum absolute atomic E-state index is 13.6. The monoisotopic (exact) mass is 510 g/mol. The van der Waals surface area contributed by atoms with Crippen LogP contribution >= 0.6 is 15.9 Å². The summed E-state index contributed by atoms with van der Waals surface area (Å²) in [6.07, 6.45) is 2.41. The van der Waals surface area contributed by atoms with Gasteiger partial charge in [-0.25, -0.2) is 23.2 Å². The zero-order valence-electron chi connectivity index (χ0n) is 17.1. The minimum Gasteiger partial charge on any atom is -0.448 e. The number of amidine groups is 1. The van der Waals surface area contributed by atoms with Gasteiger partial charge in [-0.15, -0.1) is 0 Å². The number of aliphatic imine (C=N–C) groups is 1. The second-order valence-electron chi connectivity index (χ2n) is 6.63.